The van der Waals surface area contributed by atoms with Crippen molar-refractivity contribution in [1.82, 2.24) is 4.90 Å². The number of aliphatic carboxylic acids is 1. The van der Waals surface area contributed by atoms with Crippen LogP contribution in [0.4, 0.5) is 0 Å². The maximum Gasteiger partial charge on any atom is 0.308 e. The van der Waals surface area contributed by atoms with Crippen LogP contribution >= 0.6 is 11.6 Å². The van der Waals surface area contributed by atoms with Crippen LogP contribution in [0, 0.1) is 5.92 Å². The number of carbonyl (C=O) groups excluding carboxylic acids is 1. The largest absolute Gasteiger partial charge is 0.481 e. The van der Waals surface area contributed by atoms with Crippen molar-refractivity contribution in [3.05, 3.63) is 47.5 Å². The highest BCUT2D eigenvalue weighted by Gasteiger charge is 2.20. The van der Waals surface area contributed by atoms with Crippen molar-refractivity contribution >= 4 is 23.5 Å². The molecule has 1 aromatic rings. The van der Waals surface area contributed by atoms with Crippen molar-refractivity contribution in [2.45, 2.75) is 6.92 Å². The summed E-state index contributed by atoms with van der Waals surface area (Å²) in [6.45, 7) is 5.59. The fourth-order valence-corrected chi connectivity index (χ4v) is 1.71. The molecule has 19 heavy (non-hydrogen) atoms. The number of hydrogen-bond acceptors (Lipinski definition) is 2. The minimum absolute atomic E-state index is 0.142. The third-order valence-corrected chi connectivity index (χ3v) is 2.90. The van der Waals surface area contributed by atoms with Crippen LogP contribution in [0.3, 0.4) is 0 Å². The molecule has 102 valence electrons. The van der Waals surface area contributed by atoms with Crippen LogP contribution < -0.4 is 0 Å². The van der Waals surface area contributed by atoms with Gasteiger partial charge in [0, 0.05) is 23.7 Å². The summed E-state index contributed by atoms with van der Waals surface area (Å²) in [5, 5.41) is 9.45. The Morgan fingerprint density at radius 2 is 2.00 bits per heavy atom. The van der Waals surface area contributed by atoms with Gasteiger partial charge in [-0.2, -0.15) is 0 Å². The SMILES string of the molecule is C=CCN(CC(C)C(=O)O)C(=O)c1ccc(Cl)cc1. The summed E-state index contributed by atoms with van der Waals surface area (Å²) >= 11 is 5.76. The average Bonchev–Trinajstić information content (AvgIpc) is 2.38. The molecular formula is C14H16ClNO3. The van der Waals surface area contributed by atoms with E-state index in [9.17, 15) is 9.59 Å². The summed E-state index contributed by atoms with van der Waals surface area (Å²) in [5.41, 5.74) is 0.476. The van der Waals surface area contributed by atoms with Crippen LogP contribution in [0.15, 0.2) is 36.9 Å². The van der Waals surface area contributed by atoms with E-state index in [4.69, 9.17) is 16.7 Å². The zero-order valence-electron chi connectivity index (χ0n) is 10.7. The number of amides is 1. The third-order valence-electron chi connectivity index (χ3n) is 2.64. The van der Waals surface area contributed by atoms with Gasteiger partial charge in [0.15, 0.2) is 0 Å². The van der Waals surface area contributed by atoms with Gasteiger partial charge in [0.25, 0.3) is 5.91 Å². The third kappa shape index (κ3) is 4.41. The molecule has 0 saturated heterocycles. The van der Waals surface area contributed by atoms with Crippen LogP contribution in [0.1, 0.15) is 17.3 Å². The zero-order chi connectivity index (χ0) is 14.4. The molecule has 1 aromatic carbocycles. The Hall–Kier alpha value is -1.81. The van der Waals surface area contributed by atoms with Gasteiger partial charge in [-0.25, -0.2) is 0 Å². The summed E-state index contributed by atoms with van der Waals surface area (Å²) in [5.74, 6) is -1.79. The maximum absolute atomic E-state index is 12.2. The van der Waals surface area contributed by atoms with Crippen molar-refractivity contribution in [3.63, 3.8) is 0 Å². The van der Waals surface area contributed by atoms with E-state index in [1.54, 1.807) is 37.3 Å². The lowest BCUT2D eigenvalue weighted by Gasteiger charge is -2.23. The Balaban J connectivity index is 2.86. The minimum atomic E-state index is -0.932. The lowest BCUT2D eigenvalue weighted by Crippen LogP contribution is -2.37. The Labute approximate surface area is 117 Å². The Morgan fingerprint density at radius 3 is 2.47 bits per heavy atom. The molecule has 0 aliphatic carbocycles. The van der Waals surface area contributed by atoms with Gasteiger partial charge in [0.1, 0.15) is 0 Å². The first-order valence-electron chi connectivity index (χ1n) is 5.84. The van der Waals surface area contributed by atoms with Crippen LogP contribution in [0.25, 0.3) is 0 Å². The van der Waals surface area contributed by atoms with Gasteiger partial charge in [-0.15, -0.1) is 6.58 Å². The van der Waals surface area contributed by atoms with Crippen molar-refractivity contribution < 1.29 is 14.7 Å². The molecule has 5 heteroatoms. The van der Waals surface area contributed by atoms with E-state index in [0.29, 0.717) is 17.1 Å². The Bertz CT molecular complexity index is 470. The Morgan fingerprint density at radius 1 is 1.42 bits per heavy atom. The lowest BCUT2D eigenvalue weighted by atomic mass is 10.1. The van der Waals surface area contributed by atoms with Crippen molar-refractivity contribution in [2.75, 3.05) is 13.1 Å². The van der Waals surface area contributed by atoms with Crippen LogP contribution in [-0.4, -0.2) is 35.0 Å². The van der Waals surface area contributed by atoms with Gasteiger partial charge in [-0.3, -0.25) is 9.59 Å². The van der Waals surface area contributed by atoms with E-state index < -0.39 is 11.9 Å². The summed E-state index contributed by atoms with van der Waals surface area (Å²) in [7, 11) is 0. The van der Waals surface area contributed by atoms with E-state index in [2.05, 4.69) is 6.58 Å². The summed E-state index contributed by atoms with van der Waals surface area (Å²) < 4.78 is 0. The number of nitrogens with zero attached hydrogens (tertiary/aromatic N) is 1. The first-order valence-corrected chi connectivity index (χ1v) is 6.22. The van der Waals surface area contributed by atoms with E-state index in [-0.39, 0.29) is 12.5 Å². The normalized spacial score (nSPS) is 11.7. The highest BCUT2D eigenvalue weighted by molar-refractivity contribution is 6.30. The predicted octanol–water partition coefficient (Wildman–Crippen LogP) is 2.69. The molecule has 0 heterocycles. The summed E-state index contributed by atoms with van der Waals surface area (Å²) in [4.78, 5) is 24.6. The van der Waals surface area contributed by atoms with Gasteiger partial charge in [0.05, 0.1) is 5.92 Å². The molecule has 0 aliphatic heterocycles. The molecule has 0 saturated carbocycles. The summed E-state index contributed by atoms with van der Waals surface area (Å²) in [6.07, 6.45) is 1.57. The minimum Gasteiger partial charge on any atom is -0.481 e. The topological polar surface area (TPSA) is 57.6 Å². The molecule has 0 aromatic heterocycles. The highest BCUT2D eigenvalue weighted by Crippen LogP contribution is 2.13. The number of carbonyl (C=O) groups is 2. The number of carboxylic acid groups (broad SMARTS) is 1. The van der Waals surface area contributed by atoms with Crippen LogP contribution in [0.5, 0.6) is 0 Å². The molecule has 0 radical (unpaired) electrons. The lowest BCUT2D eigenvalue weighted by molar-refractivity contribution is -0.141. The number of hydrogen-bond donors (Lipinski definition) is 1. The van der Waals surface area contributed by atoms with E-state index in [0.717, 1.165) is 0 Å². The molecular weight excluding hydrogens is 266 g/mol. The van der Waals surface area contributed by atoms with Crippen LogP contribution in [-0.2, 0) is 4.79 Å². The number of carboxylic acids is 1. The number of benzene rings is 1. The molecule has 0 aliphatic rings. The number of halogens is 1. The quantitative estimate of drug-likeness (QED) is 0.816. The molecule has 4 nitrogen and oxygen atoms in total. The van der Waals surface area contributed by atoms with E-state index >= 15 is 0 Å². The molecule has 1 rings (SSSR count). The van der Waals surface area contributed by atoms with Crippen molar-refractivity contribution in [3.8, 4) is 0 Å². The second kappa shape index (κ2) is 6.95. The molecule has 0 fully saturated rings. The first kappa shape index (κ1) is 15.2. The highest BCUT2D eigenvalue weighted by atomic mass is 35.5. The number of rotatable bonds is 6. The maximum atomic E-state index is 12.2. The van der Waals surface area contributed by atoms with Crippen molar-refractivity contribution in [2.24, 2.45) is 5.92 Å². The first-order chi connectivity index (χ1) is 8.95. The van der Waals surface area contributed by atoms with Gasteiger partial charge in [-0.05, 0) is 24.3 Å². The van der Waals surface area contributed by atoms with Gasteiger partial charge < -0.3 is 10.0 Å². The Kier molecular flexibility index (Phi) is 5.57. The molecule has 1 unspecified atom stereocenters. The van der Waals surface area contributed by atoms with E-state index in [1.807, 2.05) is 0 Å². The fraction of sp³-hybridized carbons (Fsp3) is 0.286. The van der Waals surface area contributed by atoms with Crippen molar-refractivity contribution in [1.29, 1.82) is 0 Å². The van der Waals surface area contributed by atoms with E-state index in [1.165, 1.54) is 4.90 Å². The fourth-order valence-electron chi connectivity index (χ4n) is 1.58. The second-order valence-corrected chi connectivity index (χ2v) is 4.68. The second-order valence-electron chi connectivity index (χ2n) is 4.24. The average molecular weight is 282 g/mol. The molecule has 0 spiro atoms. The standard InChI is InChI=1S/C14H16ClNO3/c1-3-8-16(9-10(2)14(18)19)13(17)11-4-6-12(15)7-5-11/h3-7,10H,1,8-9H2,2H3,(H,18,19). The smallest absolute Gasteiger partial charge is 0.308 e. The summed E-state index contributed by atoms with van der Waals surface area (Å²) in [6, 6.07) is 6.49. The van der Waals surface area contributed by atoms with Crippen LogP contribution in [0.2, 0.25) is 5.02 Å². The molecule has 1 amide bonds. The molecule has 1 N–H and O–H groups in total. The predicted molar refractivity (Wildman–Crippen MR) is 74.4 cm³/mol. The van der Waals surface area contributed by atoms with Gasteiger partial charge in [-0.1, -0.05) is 24.6 Å². The molecule has 1 atom stereocenters. The van der Waals surface area contributed by atoms with Gasteiger partial charge in [0.2, 0.25) is 0 Å². The van der Waals surface area contributed by atoms with Gasteiger partial charge >= 0.3 is 5.97 Å². The monoisotopic (exact) mass is 281 g/mol. The zero-order valence-corrected chi connectivity index (χ0v) is 11.4. The molecule has 0 bridgehead atoms.